The first kappa shape index (κ1) is 11.3. The third-order valence-corrected chi connectivity index (χ3v) is 3.57. The molecule has 4 aromatic rings. The van der Waals surface area contributed by atoms with Crippen molar-refractivity contribution in [1.29, 1.82) is 0 Å². The minimum atomic E-state index is 0.641. The highest BCUT2D eigenvalue weighted by Gasteiger charge is 2.07. The monoisotopic (exact) mass is 278 g/mol. The van der Waals surface area contributed by atoms with Crippen molar-refractivity contribution in [3.8, 4) is 5.69 Å². The molecule has 0 aliphatic heterocycles. The smallest absolute Gasteiger partial charge is 0.183 e. The fourth-order valence-electron chi connectivity index (χ4n) is 2.38. The molecule has 0 radical (unpaired) electrons. The summed E-state index contributed by atoms with van der Waals surface area (Å²) in [5.74, 6) is 0. The quantitative estimate of drug-likeness (QED) is 0.541. The van der Waals surface area contributed by atoms with Crippen molar-refractivity contribution in [2.75, 3.05) is 0 Å². The van der Waals surface area contributed by atoms with Crippen LogP contribution < -0.4 is 0 Å². The molecule has 20 heavy (non-hydrogen) atoms. The number of rotatable bonds is 1. The molecule has 0 saturated heterocycles. The van der Waals surface area contributed by atoms with Crippen molar-refractivity contribution in [2.45, 2.75) is 0 Å². The molecular weight excluding hydrogens is 268 g/mol. The van der Waals surface area contributed by atoms with Crippen LogP contribution in [-0.2, 0) is 0 Å². The van der Waals surface area contributed by atoms with Gasteiger partial charge in [0.2, 0.25) is 0 Å². The Labute approximate surface area is 119 Å². The number of H-pyrrole nitrogens is 1. The highest BCUT2D eigenvalue weighted by atomic mass is 32.1. The Morgan fingerprint density at radius 3 is 2.80 bits per heavy atom. The summed E-state index contributed by atoms with van der Waals surface area (Å²) in [4.78, 5) is 11.9. The Hall–Kier alpha value is -2.53. The lowest BCUT2D eigenvalue weighted by molar-refractivity contribution is 1.05. The summed E-state index contributed by atoms with van der Waals surface area (Å²) in [6.45, 7) is 0. The SMILES string of the molecule is S=c1[nH]c2cccnc2n1-c1ccc2ncccc2c1. The molecule has 4 nitrogen and oxygen atoms in total. The van der Waals surface area contributed by atoms with E-state index in [4.69, 9.17) is 12.2 Å². The van der Waals surface area contributed by atoms with Gasteiger partial charge in [-0.15, -0.1) is 0 Å². The van der Waals surface area contributed by atoms with Crippen molar-refractivity contribution in [2.24, 2.45) is 0 Å². The van der Waals surface area contributed by atoms with Crippen LogP contribution in [0.2, 0.25) is 0 Å². The second kappa shape index (κ2) is 4.25. The van der Waals surface area contributed by atoms with E-state index < -0.39 is 0 Å². The van der Waals surface area contributed by atoms with Gasteiger partial charge < -0.3 is 4.98 Å². The molecule has 0 bridgehead atoms. The lowest BCUT2D eigenvalue weighted by Gasteiger charge is -2.05. The van der Waals surface area contributed by atoms with Crippen LogP contribution in [0, 0.1) is 4.77 Å². The first-order valence-corrected chi connectivity index (χ1v) is 6.65. The third kappa shape index (κ3) is 1.64. The number of imidazole rings is 1. The number of hydrogen-bond acceptors (Lipinski definition) is 3. The summed E-state index contributed by atoms with van der Waals surface area (Å²) in [6, 6.07) is 13.9. The molecule has 0 unspecified atom stereocenters. The number of hydrogen-bond donors (Lipinski definition) is 1. The molecule has 0 spiro atoms. The van der Waals surface area contributed by atoms with Gasteiger partial charge in [0.25, 0.3) is 0 Å². The molecule has 0 aliphatic rings. The van der Waals surface area contributed by atoms with Gasteiger partial charge in [-0.1, -0.05) is 6.07 Å². The van der Waals surface area contributed by atoms with E-state index in [1.807, 2.05) is 41.0 Å². The molecule has 96 valence electrons. The summed E-state index contributed by atoms with van der Waals surface area (Å²) in [7, 11) is 0. The zero-order valence-corrected chi connectivity index (χ0v) is 11.3. The lowest BCUT2D eigenvalue weighted by atomic mass is 10.2. The van der Waals surface area contributed by atoms with Gasteiger partial charge in [0.05, 0.1) is 16.7 Å². The summed E-state index contributed by atoms with van der Waals surface area (Å²) in [6.07, 6.45) is 3.56. The molecular formula is C15H10N4S. The standard InChI is InChI=1S/C15H10N4S/c20-15-18-13-4-2-8-17-14(13)19(15)11-5-6-12-10(9-11)3-1-7-16-12/h1-9H,(H,18,20). The van der Waals surface area contributed by atoms with Crippen LogP contribution in [0.3, 0.4) is 0 Å². The average molecular weight is 278 g/mol. The van der Waals surface area contributed by atoms with Gasteiger partial charge in [-0.3, -0.25) is 9.55 Å². The fraction of sp³-hybridized carbons (Fsp3) is 0. The van der Waals surface area contributed by atoms with Crippen LogP contribution >= 0.6 is 12.2 Å². The predicted octanol–water partition coefficient (Wildman–Crippen LogP) is 3.63. The average Bonchev–Trinajstić information content (AvgIpc) is 2.82. The normalized spacial score (nSPS) is 11.2. The van der Waals surface area contributed by atoms with Crippen molar-refractivity contribution in [3.05, 3.63) is 59.6 Å². The number of fused-ring (bicyclic) bond motifs is 2. The number of benzene rings is 1. The Morgan fingerprint density at radius 2 is 1.85 bits per heavy atom. The van der Waals surface area contributed by atoms with E-state index >= 15 is 0 Å². The van der Waals surface area contributed by atoms with Crippen LogP contribution in [0.5, 0.6) is 0 Å². The van der Waals surface area contributed by atoms with Crippen LogP contribution in [0.25, 0.3) is 27.8 Å². The zero-order chi connectivity index (χ0) is 13.5. The predicted molar refractivity (Wildman–Crippen MR) is 81.6 cm³/mol. The van der Waals surface area contributed by atoms with Crippen molar-refractivity contribution in [3.63, 3.8) is 0 Å². The Kier molecular flexibility index (Phi) is 2.40. The van der Waals surface area contributed by atoms with E-state index in [9.17, 15) is 0 Å². The Balaban J connectivity index is 2.06. The summed E-state index contributed by atoms with van der Waals surface area (Å²) >= 11 is 5.41. The lowest BCUT2D eigenvalue weighted by Crippen LogP contribution is -1.95. The summed E-state index contributed by atoms with van der Waals surface area (Å²) < 4.78 is 2.58. The van der Waals surface area contributed by atoms with Gasteiger partial charge in [0.1, 0.15) is 0 Å². The van der Waals surface area contributed by atoms with Gasteiger partial charge in [-0.05, 0) is 48.6 Å². The van der Waals surface area contributed by atoms with E-state index in [0.717, 1.165) is 27.8 Å². The molecule has 1 N–H and O–H groups in total. The second-order valence-corrected chi connectivity index (χ2v) is 4.91. The maximum Gasteiger partial charge on any atom is 0.183 e. The molecule has 0 fully saturated rings. The maximum atomic E-state index is 5.41. The van der Waals surface area contributed by atoms with Crippen molar-refractivity contribution < 1.29 is 0 Å². The minimum absolute atomic E-state index is 0.641. The molecule has 3 heterocycles. The van der Waals surface area contributed by atoms with Crippen LogP contribution in [0.1, 0.15) is 0 Å². The third-order valence-electron chi connectivity index (χ3n) is 3.29. The number of aromatic amines is 1. The largest absolute Gasteiger partial charge is 0.329 e. The zero-order valence-electron chi connectivity index (χ0n) is 10.4. The Bertz CT molecular complexity index is 984. The number of aromatic nitrogens is 4. The van der Waals surface area contributed by atoms with E-state index in [1.165, 1.54) is 0 Å². The van der Waals surface area contributed by atoms with Gasteiger partial charge in [-0.2, -0.15) is 0 Å². The maximum absolute atomic E-state index is 5.41. The van der Waals surface area contributed by atoms with Crippen molar-refractivity contribution >= 4 is 34.3 Å². The Morgan fingerprint density at radius 1 is 1.00 bits per heavy atom. The molecule has 0 atom stereocenters. The molecule has 4 rings (SSSR count). The highest BCUT2D eigenvalue weighted by molar-refractivity contribution is 7.71. The number of pyridine rings is 2. The fourth-order valence-corrected chi connectivity index (χ4v) is 2.68. The molecule has 1 aromatic carbocycles. The van der Waals surface area contributed by atoms with Gasteiger partial charge in [-0.25, -0.2) is 4.98 Å². The molecule has 0 aliphatic carbocycles. The molecule has 0 saturated carbocycles. The minimum Gasteiger partial charge on any atom is -0.329 e. The molecule has 5 heteroatoms. The second-order valence-electron chi connectivity index (χ2n) is 4.52. The van der Waals surface area contributed by atoms with E-state index in [2.05, 4.69) is 21.0 Å². The summed E-state index contributed by atoms with van der Waals surface area (Å²) in [5.41, 5.74) is 3.72. The molecule has 0 amide bonds. The van der Waals surface area contributed by atoms with Gasteiger partial charge >= 0.3 is 0 Å². The van der Waals surface area contributed by atoms with E-state index in [-0.39, 0.29) is 0 Å². The number of nitrogens with one attached hydrogen (secondary N) is 1. The topological polar surface area (TPSA) is 46.5 Å². The molecule has 3 aromatic heterocycles. The van der Waals surface area contributed by atoms with E-state index in [0.29, 0.717) is 4.77 Å². The highest BCUT2D eigenvalue weighted by Crippen LogP contribution is 2.21. The first-order chi connectivity index (χ1) is 9.83. The summed E-state index contributed by atoms with van der Waals surface area (Å²) in [5, 5.41) is 1.08. The van der Waals surface area contributed by atoms with Crippen LogP contribution in [0.15, 0.2) is 54.9 Å². The van der Waals surface area contributed by atoms with Crippen LogP contribution in [0.4, 0.5) is 0 Å². The van der Waals surface area contributed by atoms with Crippen molar-refractivity contribution in [1.82, 2.24) is 19.5 Å². The first-order valence-electron chi connectivity index (χ1n) is 6.24. The van der Waals surface area contributed by atoms with Crippen LogP contribution in [-0.4, -0.2) is 19.5 Å². The van der Waals surface area contributed by atoms with Gasteiger partial charge in [0, 0.05) is 17.8 Å². The van der Waals surface area contributed by atoms with Gasteiger partial charge in [0.15, 0.2) is 10.4 Å². The van der Waals surface area contributed by atoms with E-state index in [1.54, 1.807) is 12.4 Å². The number of nitrogens with zero attached hydrogens (tertiary/aromatic N) is 3.